The number of nitrogens with two attached hydrogens (primary N) is 2. The maximum absolute atomic E-state index is 12.4. The zero-order chi connectivity index (χ0) is 25.0. The van der Waals surface area contributed by atoms with Crippen molar-refractivity contribution in [2.45, 2.75) is 56.9 Å². The van der Waals surface area contributed by atoms with Gasteiger partial charge in [0, 0.05) is 17.9 Å². The molecule has 182 valence electrons. The molecule has 0 saturated heterocycles. The summed E-state index contributed by atoms with van der Waals surface area (Å²) >= 11 is 0.951. The number of carboxylic acid groups (broad SMARTS) is 3. The van der Waals surface area contributed by atoms with Gasteiger partial charge in [0.25, 0.3) is 0 Å². The number of aliphatic carboxylic acids is 3. The Morgan fingerprint density at radius 3 is 1.84 bits per heavy atom. The third-order valence-electron chi connectivity index (χ3n) is 3.97. The minimum atomic E-state index is -1.39. The average molecular weight is 480 g/mol. The van der Waals surface area contributed by atoms with Crippen LogP contribution in [0.4, 0.5) is 0 Å². The Bertz CT molecular complexity index is 719. The van der Waals surface area contributed by atoms with Crippen LogP contribution in [0.2, 0.25) is 0 Å². The second-order valence-corrected chi connectivity index (χ2v) is 7.97. The fourth-order valence-electron chi connectivity index (χ4n) is 2.05. The van der Waals surface area contributed by atoms with E-state index in [-0.39, 0.29) is 24.3 Å². The number of amides is 3. The lowest BCUT2D eigenvalue weighted by Gasteiger charge is -2.21. The lowest BCUT2D eigenvalue weighted by molar-refractivity contribution is -0.142. The zero-order valence-electron chi connectivity index (χ0n) is 17.6. The first-order chi connectivity index (χ1) is 14.8. The first-order valence-electron chi connectivity index (χ1n) is 9.43. The summed E-state index contributed by atoms with van der Waals surface area (Å²) in [4.78, 5) is 69.2. The van der Waals surface area contributed by atoms with E-state index in [0.717, 1.165) is 11.8 Å². The quantitative estimate of drug-likeness (QED) is 0.116. The van der Waals surface area contributed by atoms with Crippen molar-refractivity contribution >= 4 is 47.4 Å². The van der Waals surface area contributed by atoms with E-state index in [1.54, 1.807) is 0 Å². The van der Waals surface area contributed by atoms with E-state index < -0.39 is 65.8 Å². The van der Waals surface area contributed by atoms with Crippen LogP contribution in [-0.4, -0.2) is 92.7 Å². The van der Waals surface area contributed by atoms with E-state index in [4.69, 9.17) is 21.7 Å². The molecule has 10 N–H and O–H groups in total. The number of rotatable bonds is 15. The van der Waals surface area contributed by atoms with Gasteiger partial charge in [-0.25, -0.2) is 4.79 Å². The molecular formula is C17H29N5O9S. The van der Waals surface area contributed by atoms with Crippen molar-refractivity contribution in [2.24, 2.45) is 11.5 Å². The van der Waals surface area contributed by atoms with Crippen molar-refractivity contribution in [2.75, 3.05) is 11.5 Å². The predicted molar refractivity (Wildman–Crippen MR) is 113 cm³/mol. The summed E-state index contributed by atoms with van der Waals surface area (Å²) in [6.07, 6.45) is -0.676. The van der Waals surface area contributed by atoms with Crippen LogP contribution in [0.5, 0.6) is 0 Å². The van der Waals surface area contributed by atoms with Crippen LogP contribution in [-0.2, 0) is 28.8 Å². The molecule has 0 aromatic rings. The van der Waals surface area contributed by atoms with Crippen molar-refractivity contribution in [3.05, 3.63) is 0 Å². The Morgan fingerprint density at radius 2 is 1.38 bits per heavy atom. The smallest absolute Gasteiger partial charge is 0.326 e. The maximum atomic E-state index is 12.4. The lowest BCUT2D eigenvalue weighted by Crippen LogP contribution is -2.52. The van der Waals surface area contributed by atoms with Gasteiger partial charge in [0.1, 0.15) is 24.2 Å². The highest BCUT2D eigenvalue weighted by molar-refractivity contribution is 7.99. The number of hydrogen-bond donors (Lipinski definition) is 8. The van der Waals surface area contributed by atoms with Crippen LogP contribution >= 0.6 is 11.8 Å². The van der Waals surface area contributed by atoms with Crippen LogP contribution in [0, 0.1) is 0 Å². The van der Waals surface area contributed by atoms with Crippen LogP contribution in [0.1, 0.15) is 26.7 Å². The summed E-state index contributed by atoms with van der Waals surface area (Å²) in [6, 6.07) is -6.04. The SMILES string of the molecule is CC(N)C(=O)NC(CCC(=O)NC(CSCC(N)C(=O)O)C(=O)NC(C)C(=O)O)C(=O)O. The Hall–Kier alpha value is -2.91. The lowest BCUT2D eigenvalue weighted by atomic mass is 10.1. The van der Waals surface area contributed by atoms with E-state index in [9.17, 15) is 33.9 Å². The fourth-order valence-corrected chi connectivity index (χ4v) is 3.05. The highest BCUT2D eigenvalue weighted by Gasteiger charge is 2.27. The summed E-state index contributed by atoms with van der Waals surface area (Å²) in [6.45, 7) is 2.57. The third kappa shape index (κ3) is 11.5. The first-order valence-corrected chi connectivity index (χ1v) is 10.6. The molecule has 0 saturated carbocycles. The Balaban J connectivity index is 5.05. The molecule has 5 unspecified atom stereocenters. The van der Waals surface area contributed by atoms with Gasteiger partial charge in [0.15, 0.2) is 0 Å². The van der Waals surface area contributed by atoms with Gasteiger partial charge in [-0.3, -0.25) is 24.0 Å². The standard InChI is InChI=1S/C17H29N5O9S/c1-7(18)13(24)22-10(17(30)31)3-4-12(23)21-11(6-32-5-9(19)16(28)29)14(25)20-8(2)15(26)27/h7-11H,3-6,18-19H2,1-2H3,(H,20,25)(H,21,23)(H,22,24)(H,26,27)(H,28,29)(H,30,31). The molecule has 0 aliphatic heterocycles. The molecule has 32 heavy (non-hydrogen) atoms. The van der Waals surface area contributed by atoms with E-state index in [1.165, 1.54) is 13.8 Å². The third-order valence-corrected chi connectivity index (χ3v) is 5.13. The highest BCUT2D eigenvalue weighted by atomic mass is 32.2. The fraction of sp³-hybridized carbons (Fsp3) is 0.647. The van der Waals surface area contributed by atoms with Crippen molar-refractivity contribution in [3.8, 4) is 0 Å². The largest absolute Gasteiger partial charge is 0.480 e. The normalized spacial score (nSPS) is 15.4. The van der Waals surface area contributed by atoms with Gasteiger partial charge < -0.3 is 42.7 Å². The average Bonchev–Trinajstić information content (AvgIpc) is 2.69. The molecule has 0 aliphatic rings. The number of thioether (sulfide) groups is 1. The summed E-state index contributed by atoms with van der Waals surface area (Å²) in [5, 5.41) is 33.6. The maximum Gasteiger partial charge on any atom is 0.326 e. The van der Waals surface area contributed by atoms with Gasteiger partial charge in [0.2, 0.25) is 17.7 Å². The molecule has 0 aromatic carbocycles. The topological polar surface area (TPSA) is 251 Å². The number of carbonyl (C=O) groups excluding carboxylic acids is 3. The predicted octanol–water partition coefficient (Wildman–Crippen LogP) is -3.10. The van der Waals surface area contributed by atoms with Crippen molar-refractivity contribution in [1.82, 2.24) is 16.0 Å². The second-order valence-electron chi connectivity index (χ2n) is 6.90. The van der Waals surface area contributed by atoms with Crippen molar-refractivity contribution < 1.29 is 44.1 Å². The van der Waals surface area contributed by atoms with Gasteiger partial charge in [-0.1, -0.05) is 0 Å². The van der Waals surface area contributed by atoms with Crippen molar-refractivity contribution in [3.63, 3.8) is 0 Å². The number of hydrogen-bond acceptors (Lipinski definition) is 9. The molecule has 0 bridgehead atoms. The van der Waals surface area contributed by atoms with E-state index in [2.05, 4.69) is 16.0 Å². The van der Waals surface area contributed by atoms with Gasteiger partial charge in [-0.2, -0.15) is 11.8 Å². The Kier molecular flexibility index (Phi) is 12.9. The molecule has 0 heterocycles. The molecule has 14 nitrogen and oxygen atoms in total. The van der Waals surface area contributed by atoms with Crippen LogP contribution in [0.25, 0.3) is 0 Å². The monoisotopic (exact) mass is 479 g/mol. The number of carboxylic acids is 3. The molecule has 0 rings (SSSR count). The summed E-state index contributed by atoms with van der Waals surface area (Å²) < 4.78 is 0. The van der Waals surface area contributed by atoms with Crippen LogP contribution in [0.3, 0.4) is 0 Å². The molecule has 5 atom stereocenters. The van der Waals surface area contributed by atoms with Gasteiger partial charge in [-0.15, -0.1) is 0 Å². The molecular weight excluding hydrogens is 450 g/mol. The molecule has 0 fully saturated rings. The number of carbonyl (C=O) groups is 6. The van der Waals surface area contributed by atoms with E-state index in [1.807, 2.05) is 0 Å². The van der Waals surface area contributed by atoms with Gasteiger partial charge in [0.05, 0.1) is 6.04 Å². The second kappa shape index (κ2) is 14.2. The molecule has 3 amide bonds. The molecule has 0 radical (unpaired) electrons. The van der Waals surface area contributed by atoms with E-state index in [0.29, 0.717) is 0 Å². The molecule has 0 spiro atoms. The molecule has 0 aliphatic carbocycles. The van der Waals surface area contributed by atoms with Crippen molar-refractivity contribution in [1.29, 1.82) is 0 Å². The zero-order valence-corrected chi connectivity index (χ0v) is 18.4. The minimum Gasteiger partial charge on any atom is -0.480 e. The first kappa shape index (κ1) is 29.1. The molecule has 15 heteroatoms. The summed E-state index contributed by atoms with van der Waals surface area (Å²) in [7, 11) is 0. The number of nitrogens with one attached hydrogen (secondary N) is 3. The van der Waals surface area contributed by atoms with Crippen LogP contribution < -0.4 is 27.4 Å². The van der Waals surface area contributed by atoms with Gasteiger partial charge in [-0.05, 0) is 20.3 Å². The Labute approximate surface area is 187 Å². The minimum absolute atomic E-state index is 0.0755. The Morgan fingerprint density at radius 1 is 0.781 bits per heavy atom. The summed E-state index contributed by atoms with van der Waals surface area (Å²) in [5.41, 5.74) is 10.8. The van der Waals surface area contributed by atoms with Gasteiger partial charge >= 0.3 is 17.9 Å². The van der Waals surface area contributed by atoms with Crippen LogP contribution in [0.15, 0.2) is 0 Å². The molecule has 0 aromatic heterocycles. The summed E-state index contributed by atoms with van der Waals surface area (Å²) in [5.74, 6) is -6.42. The highest BCUT2D eigenvalue weighted by Crippen LogP contribution is 2.07. The van der Waals surface area contributed by atoms with E-state index >= 15 is 0 Å².